The monoisotopic (exact) mass is 457 g/mol. The van der Waals surface area contributed by atoms with Crippen LogP contribution in [0.15, 0.2) is 42.5 Å². The molecule has 3 rings (SSSR count). The molecule has 32 heavy (non-hydrogen) atoms. The summed E-state index contributed by atoms with van der Waals surface area (Å²) in [6.07, 6.45) is 0.137. The van der Waals surface area contributed by atoms with E-state index in [-0.39, 0.29) is 18.9 Å². The van der Waals surface area contributed by atoms with Crippen molar-refractivity contribution in [3.63, 3.8) is 0 Å². The third-order valence-electron chi connectivity index (χ3n) is 5.07. The van der Waals surface area contributed by atoms with Crippen LogP contribution in [0.5, 0.6) is 0 Å². The number of nitrogens with one attached hydrogen (secondary N) is 3. The smallest absolute Gasteiger partial charge is 0.408 e. The van der Waals surface area contributed by atoms with Crippen LogP contribution in [0.25, 0.3) is 0 Å². The van der Waals surface area contributed by atoms with Crippen LogP contribution in [-0.2, 0) is 38.6 Å². The van der Waals surface area contributed by atoms with E-state index in [1.54, 1.807) is 25.2 Å². The van der Waals surface area contributed by atoms with Gasteiger partial charge in [0.1, 0.15) is 18.7 Å². The number of carbonyl (C=O) groups is 4. The first-order valence-electron chi connectivity index (χ1n) is 10.5. The Balaban J connectivity index is 1.65. The Bertz CT molecular complexity index is 973. The Morgan fingerprint density at radius 3 is 2.56 bits per heavy atom. The molecule has 3 amide bonds. The molecule has 170 valence electrons. The summed E-state index contributed by atoms with van der Waals surface area (Å²) in [4.78, 5) is 52.1. The lowest BCUT2D eigenvalue weighted by Gasteiger charge is -2.24. The number of hydrogen-bond donors (Lipinski definition) is 3. The number of alkyl carbamates (subject to hydrolysis) is 1. The number of benzene rings is 1. The number of Topliss-reactive ketones (excluding diaryl/α,β-unsaturated/α-hetero) is 1. The van der Waals surface area contributed by atoms with Gasteiger partial charge >= 0.3 is 6.09 Å². The van der Waals surface area contributed by atoms with Gasteiger partial charge < -0.3 is 20.7 Å². The van der Waals surface area contributed by atoms with E-state index >= 15 is 0 Å². The van der Waals surface area contributed by atoms with Gasteiger partial charge in [-0.05, 0) is 30.0 Å². The highest BCUT2D eigenvalue weighted by molar-refractivity contribution is 7.12. The lowest BCUT2D eigenvalue weighted by atomic mass is 10.0. The van der Waals surface area contributed by atoms with Gasteiger partial charge in [-0.2, -0.15) is 0 Å². The SMILES string of the molecule is CC(C)C(NC(=O)OCc1ccccc1)C(=O)NC1Cc2ccc(s2)CCNC(=O)C1=O. The zero-order valence-corrected chi connectivity index (χ0v) is 18.9. The summed E-state index contributed by atoms with van der Waals surface area (Å²) in [5.41, 5.74) is 0.821. The molecule has 1 aromatic heterocycles. The van der Waals surface area contributed by atoms with Gasteiger partial charge in [-0.1, -0.05) is 44.2 Å². The van der Waals surface area contributed by atoms with E-state index in [0.29, 0.717) is 13.0 Å². The first-order chi connectivity index (χ1) is 15.3. The van der Waals surface area contributed by atoms with E-state index in [1.807, 2.05) is 42.5 Å². The molecule has 8 nitrogen and oxygen atoms in total. The van der Waals surface area contributed by atoms with Crippen LogP contribution in [0.1, 0.15) is 29.2 Å². The minimum atomic E-state index is -1.02. The molecule has 2 aromatic rings. The van der Waals surface area contributed by atoms with Crippen molar-refractivity contribution in [1.29, 1.82) is 0 Å². The molecule has 1 aromatic carbocycles. The molecule has 0 aliphatic carbocycles. The Labute approximate surface area is 190 Å². The number of carbonyl (C=O) groups excluding carboxylic acids is 4. The molecule has 2 bridgehead atoms. The van der Waals surface area contributed by atoms with Gasteiger partial charge in [0.25, 0.3) is 5.91 Å². The van der Waals surface area contributed by atoms with Crippen molar-refractivity contribution in [1.82, 2.24) is 16.0 Å². The predicted octanol–water partition coefficient (Wildman–Crippen LogP) is 1.97. The van der Waals surface area contributed by atoms with Crippen molar-refractivity contribution in [3.05, 3.63) is 57.8 Å². The molecule has 0 spiro atoms. The highest BCUT2D eigenvalue weighted by Gasteiger charge is 2.32. The molecule has 1 aliphatic rings. The largest absolute Gasteiger partial charge is 0.445 e. The van der Waals surface area contributed by atoms with Gasteiger partial charge in [-0.3, -0.25) is 14.4 Å². The van der Waals surface area contributed by atoms with Crippen LogP contribution in [-0.4, -0.2) is 42.3 Å². The van der Waals surface area contributed by atoms with E-state index in [9.17, 15) is 19.2 Å². The van der Waals surface area contributed by atoms with Crippen LogP contribution >= 0.6 is 11.3 Å². The molecular weight excluding hydrogens is 430 g/mol. The summed E-state index contributed by atoms with van der Waals surface area (Å²) in [5.74, 6) is -2.24. The maximum atomic E-state index is 13.0. The fourth-order valence-corrected chi connectivity index (χ4v) is 4.37. The second-order valence-corrected chi connectivity index (χ2v) is 9.18. The maximum absolute atomic E-state index is 13.0. The minimum Gasteiger partial charge on any atom is -0.445 e. The van der Waals surface area contributed by atoms with Crippen LogP contribution in [0.2, 0.25) is 0 Å². The number of hydrogen-bond acceptors (Lipinski definition) is 6. The molecule has 0 radical (unpaired) electrons. The molecule has 0 saturated heterocycles. The molecule has 2 heterocycles. The van der Waals surface area contributed by atoms with E-state index < -0.39 is 35.8 Å². The second-order valence-electron chi connectivity index (χ2n) is 7.93. The number of thiophene rings is 1. The van der Waals surface area contributed by atoms with Crippen LogP contribution in [0.3, 0.4) is 0 Å². The van der Waals surface area contributed by atoms with Gasteiger partial charge in [0.2, 0.25) is 11.7 Å². The van der Waals surface area contributed by atoms with E-state index in [2.05, 4.69) is 16.0 Å². The van der Waals surface area contributed by atoms with Crippen LogP contribution < -0.4 is 16.0 Å². The van der Waals surface area contributed by atoms with Crippen molar-refractivity contribution in [2.75, 3.05) is 6.54 Å². The van der Waals surface area contributed by atoms with Gasteiger partial charge in [-0.25, -0.2) is 4.79 Å². The number of ether oxygens (including phenoxy) is 1. The highest BCUT2D eigenvalue weighted by atomic mass is 32.1. The van der Waals surface area contributed by atoms with Crippen molar-refractivity contribution < 1.29 is 23.9 Å². The zero-order valence-electron chi connectivity index (χ0n) is 18.1. The minimum absolute atomic E-state index is 0.0705. The Kier molecular flexibility index (Phi) is 7.99. The Morgan fingerprint density at radius 2 is 1.84 bits per heavy atom. The molecular formula is C23H27N3O5S. The van der Waals surface area contributed by atoms with Gasteiger partial charge in [0, 0.05) is 22.7 Å². The number of fused-ring (bicyclic) bond motifs is 2. The molecule has 0 fully saturated rings. The summed E-state index contributed by atoms with van der Waals surface area (Å²) < 4.78 is 5.21. The molecule has 0 saturated carbocycles. The van der Waals surface area contributed by atoms with Crippen molar-refractivity contribution in [2.45, 2.75) is 45.4 Å². The highest BCUT2D eigenvalue weighted by Crippen LogP contribution is 2.20. The fraction of sp³-hybridized carbons (Fsp3) is 0.391. The van der Waals surface area contributed by atoms with Gasteiger partial charge in [0.05, 0.1) is 0 Å². The predicted molar refractivity (Wildman–Crippen MR) is 120 cm³/mol. The fourth-order valence-electron chi connectivity index (χ4n) is 3.31. The third kappa shape index (κ3) is 6.40. The third-order valence-corrected chi connectivity index (χ3v) is 6.24. The number of amides is 3. The first kappa shape index (κ1) is 23.5. The molecule has 2 unspecified atom stereocenters. The molecule has 3 N–H and O–H groups in total. The van der Waals surface area contributed by atoms with Crippen LogP contribution in [0, 0.1) is 5.92 Å². The van der Waals surface area contributed by atoms with E-state index in [4.69, 9.17) is 4.74 Å². The zero-order chi connectivity index (χ0) is 23.1. The number of rotatable bonds is 6. The topological polar surface area (TPSA) is 114 Å². The normalized spacial score (nSPS) is 17.3. The van der Waals surface area contributed by atoms with E-state index in [0.717, 1.165) is 15.3 Å². The summed E-state index contributed by atoms with van der Waals surface area (Å²) >= 11 is 1.55. The second kappa shape index (κ2) is 10.9. The van der Waals surface area contributed by atoms with Gasteiger partial charge in [-0.15, -0.1) is 11.3 Å². The van der Waals surface area contributed by atoms with Crippen molar-refractivity contribution in [2.24, 2.45) is 5.92 Å². The quantitative estimate of drug-likeness (QED) is 0.574. The van der Waals surface area contributed by atoms with Crippen molar-refractivity contribution in [3.8, 4) is 0 Å². The van der Waals surface area contributed by atoms with Gasteiger partial charge in [0.15, 0.2) is 0 Å². The lowest BCUT2D eigenvalue weighted by Crippen LogP contribution is -2.56. The average Bonchev–Trinajstić information content (AvgIpc) is 3.21. The summed E-state index contributed by atoms with van der Waals surface area (Å²) in [5, 5.41) is 7.83. The summed E-state index contributed by atoms with van der Waals surface area (Å²) in [6, 6.07) is 11.1. The first-order valence-corrected chi connectivity index (χ1v) is 11.3. The summed E-state index contributed by atoms with van der Waals surface area (Å²) in [6.45, 7) is 3.97. The van der Waals surface area contributed by atoms with E-state index in [1.165, 1.54) is 0 Å². The average molecular weight is 458 g/mol. The lowest BCUT2D eigenvalue weighted by molar-refractivity contribution is -0.140. The Hall–Kier alpha value is -3.20. The molecule has 2 atom stereocenters. The molecule has 9 heteroatoms. The summed E-state index contributed by atoms with van der Waals surface area (Å²) in [7, 11) is 0. The van der Waals surface area contributed by atoms with Crippen molar-refractivity contribution >= 4 is 35.0 Å². The Morgan fingerprint density at radius 1 is 1.12 bits per heavy atom. The standard InChI is InChI=1S/C23H27N3O5S/c1-14(2)19(26-23(30)31-13-15-6-4-3-5-7-15)21(28)25-18-12-17-9-8-16(32-17)10-11-24-22(29)20(18)27/h3-9,14,18-19H,10-13H2,1-2H3,(H,24,29)(H,25,28)(H,26,30). The maximum Gasteiger partial charge on any atom is 0.408 e. The molecule has 1 aliphatic heterocycles. The van der Waals surface area contributed by atoms with Crippen LogP contribution in [0.4, 0.5) is 4.79 Å². The number of ketones is 1.